The number of carbonyl (C=O) groups excluding carboxylic acids is 1. The van der Waals surface area contributed by atoms with Crippen molar-refractivity contribution in [2.45, 2.75) is 39.8 Å². The normalized spacial score (nSPS) is 18.4. The first-order valence-electron chi connectivity index (χ1n) is 9.05. The quantitative estimate of drug-likeness (QED) is 0.861. The fourth-order valence-corrected chi connectivity index (χ4v) is 2.85. The third-order valence-electron chi connectivity index (χ3n) is 4.48. The average Bonchev–Trinajstić information content (AvgIpc) is 2.57. The van der Waals surface area contributed by atoms with E-state index in [4.69, 9.17) is 0 Å². The van der Waals surface area contributed by atoms with Gasteiger partial charge < -0.3 is 15.1 Å². The second-order valence-electron chi connectivity index (χ2n) is 8.22. The van der Waals surface area contributed by atoms with E-state index in [9.17, 15) is 18.0 Å². The Bertz CT molecular complexity index is 670. The summed E-state index contributed by atoms with van der Waals surface area (Å²) in [6.45, 7) is 7.13. The molecule has 0 spiro atoms. The minimum absolute atomic E-state index is 0.0372. The van der Waals surface area contributed by atoms with Gasteiger partial charge in [0, 0.05) is 45.2 Å². The lowest BCUT2D eigenvalue weighted by atomic mass is 9.94. The minimum Gasteiger partial charge on any atom is -0.363 e. The SMILES string of the molecule is CN(C)c1cc(C(F)(F)F)nc(N2CCCC(CNC(=O)C(C)(C)C)C2)n1. The lowest BCUT2D eigenvalue weighted by Crippen LogP contribution is -2.44. The standard InChI is InChI=1S/C18H28F3N5O/c1-17(2,3)15(27)22-10-12-7-6-8-26(11-12)16-23-13(18(19,20)21)9-14(24-16)25(4)5/h9,12H,6-8,10-11H2,1-5H3,(H,22,27). The zero-order chi connectivity index (χ0) is 20.4. The third-order valence-corrected chi connectivity index (χ3v) is 4.48. The number of nitrogens with zero attached hydrogens (tertiary/aromatic N) is 4. The van der Waals surface area contributed by atoms with Crippen molar-refractivity contribution in [3.8, 4) is 0 Å². The molecule has 0 bridgehead atoms. The predicted octanol–water partition coefficient (Wildman–Crippen LogP) is 2.94. The molecule has 6 nitrogen and oxygen atoms in total. The van der Waals surface area contributed by atoms with Crippen molar-refractivity contribution in [1.82, 2.24) is 15.3 Å². The first-order chi connectivity index (χ1) is 12.4. The van der Waals surface area contributed by atoms with E-state index >= 15 is 0 Å². The summed E-state index contributed by atoms with van der Waals surface area (Å²) in [5.41, 5.74) is -1.42. The summed E-state index contributed by atoms with van der Waals surface area (Å²) in [4.78, 5) is 23.4. The van der Waals surface area contributed by atoms with Crippen LogP contribution in [0, 0.1) is 11.3 Å². The van der Waals surface area contributed by atoms with E-state index in [0.29, 0.717) is 19.6 Å². The molecule has 0 aliphatic carbocycles. The van der Waals surface area contributed by atoms with E-state index in [1.165, 1.54) is 4.90 Å². The maximum atomic E-state index is 13.2. The van der Waals surface area contributed by atoms with Crippen LogP contribution in [0.3, 0.4) is 0 Å². The largest absolute Gasteiger partial charge is 0.433 e. The molecular weight excluding hydrogens is 359 g/mol. The van der Waals surface area contributed by atoms with Gasteiger partial charge in [0.05, 0.1) is 0 Å². The molecule has 1 amide bonds. The van der Waals surface area contributed by atoms with Crippen LogP contribution in [0.25, 0.3) is 0 Å². The van der Waals surface area contributed by atoms with Gasteiger partial charge in [-0.2, -0.15) is 18.2 Å². The van der Waals surface area contributed by atoms with E-state index < -0.39 is 17.3 Å². The fourth-order valence-electron chi connectivity index (χ4n) is 2.85. The summed E-state index contributed by atoms with van der Waals surface area (Å²) in [7, 11) is 3.29. The van der Waals surface area contributed by atoms with Crippen LogP contribution < -0.4 is 15.1 Å². The fraction of sp³-hybridized carbons (Fsp3) is 0.722. The monoisotopic (exact) mass is 387 g/mol. The molecule has 1 aromatic heterocycles. The molecule has 2 rings (SSSR count). The summed E-state index contributed by atoms with van der Waals surface area (Å²) in [5.74, 6) is 0.409. The topological polar surface area (TPSA) is 61.4 Å². The Balaban J connectivity index is 2.15. The Morgan fingerprint density at radius 3 is 2.52 bits per heavy atom. The molecule has 1 atom stereocenters. The van der Waals surface area contributed by atoms with E-state index in [0.717, 1.165) is 18.9 Å². The molecule has 1 N–H and O–H groups in total. The van der Waals surface area contributed by atoms with Crippen LogP contribution in [0.4, 0.5) is 24.9 Å². The molecular formula is C18H28F3N5O. The number of alkyl halides is 3. The zero-order valence-electron chi connectivity index (χ0n) is 16.5. The molecule has 1 aliphatic heterocycles. The third kappa shape index (κ3) is 5.71. The van der Waals surface area contributed by atoms with Gasteiger partial charge in [0.25, 0.3) is 0 Å². The lowest BCUT2D eigenvalue weighted by Gasteiger charge is -2.34. The van der Waals surface area contributed by atoms with E-state index in [1.54, 1.807) is 19.0 Å². The number of hydrogen-bond acceptors (Lipinski definition) is 5. The molecule has 0 radical (unpaired) electrons. The predicted molar refractivity (Wildman–Crippen MR) is 98.8 cm³/mol. The Labute approximate surface area is 158 Å². The van der Waals surface area contributed by atoms with E-state index in [-0.39, 0.29) is 23.6 Å². The lowest BCUT2D eigenvalue weighted by molar-refractivity contribution is -0.141. The summed E-state index contributed by atoms with van der Waals surface area (Å²) >= 11 is 0. The second-order valence-corrected chi connectivity index (χ2v) is 8.22. The van der Waals surface area contributed by atoms with Gasteiger partial charge in [-0.25, -0.2) is 4.98 Å². The number of hydrogen-bond donors (Lipinski definition) is 1. The summed E-state index contributed by atoms with van der Waals surface area (Å²) in [5, 5.41) is 2.93. The second kappa shape index (κ2) is 7.90. The van der Waals surface area contributed by atoms with Gasteiger partial charge >= 0.3 is 6.18 Å². The van der Waals surface area contributed by atoms with Crippen molar-refractivity contribution in [3.63, 3.8) is 0 Å². The van der Waals surface area contributed by atoms with Crippen LogP contribution in [-0.4, -0.2) is 49.6 Å². The van der Waals surface area contributed by atoms with Gasteiger partial charge in [0.1, 0.15) is 5.82 Å². The Morgan fingerprint density at radius 1 is 1.30 bits per heavy atom. The van der Waals surface area contributed by atoms with Gasteiger partial charge in [0.15, 0.2) is 5.69 Å². The van der Waals surface area contributed by atoms with Gasteiger partial charge in [-0.15, -0.1) is 0 Å². The van der Waals surface area contributed by atoms with Gasteiger partial charge in [-0.05, 0) is 18.8 Å². The smallest absolute Gasteiger partial charge is 0.363 e. The maximum Gasteiger partial charge on any atom is 0.433 e. The zero-order valence-corrected chi connectivity index (χ0v) is 16.5. The number of anilines is 2. The van der Waals surface area contributed by atoms with Crippen LogP contribution in [0.15, 0.2) is 6.07 Å². The summed E-state index contributed by atoms with van der Waals surface area (Å²) in [6, 6.07) is 0.953. The van der Waals surface area contributed by atoms with E-state index in [2.05, 4.69) is 15.3 Å². The Morgan fingerprint density at radius 2 is 1.96 bits per heavy atom. The number of rotatable bonds is 4. The van der Waals surface area contributed by atoms with Gasteiger partial charge in [-0.3, -0.25) is 4.79 Å². The number of amides is 1. The molecule has 27 heavy (non-hydrogen) atoms. The summed E-state index contributed by atoms with van der Waals surface area (Å²) in [6.07, 6.45) is -2.81. The summed E-state index contributed by atoms with van der Waals surface area (Å²) < 4.78 is 39.6. The van der Waals surface area contributed by atoms with E-state index in [1.807, 2.05) is 20.8 Å². The van der Waals surface area contributed by atoms with Crippen molar-refractivity contribution >= 4 is 17.7 Å². The molecule has 9 heteroatoms. The minimum atomic E-state index is -4.53. The van der Waals surface area contributed by atoms with Crippen molar-refractivity contribution in [2.24, 2.45) is 11.3 Å². The number of piperidine rings is 1. The molecule has 0 saturated carbocycles. The number of nitrogens with one attached hydrogen (secondary N) is 1. The molecule has 1 aliphatic rings. The van der Waals surface area contributed by atoms with Crippen molar-refractivity contribution in [1.29, 1.82) is 0 Å². The van der Waals surface area contributed by atoms with Gasteiger partial charge in [-0.1, -0.05) is 20.8 Å². The number of carbonyl (C=O) groups is 1. The average molecular weight is 387 g/mol. The van der Waals surface area contributed by atoms with Crippen LogP contribution in [0.2, 0.25) is 0 Å². The Kier molecular flexibility index (Phi) is 6.21. The molecule has 0 aromatic carbocycles. The number of halogens is 3. The van der Waals surface area contributed by atoms with Gasteiger partial charge in [0.2, 0.25) is 11.9 Å². The highest BCUT2D eigenvalue weighted by Crippen LogP contribution is 2.31. The van der Waals surface area contributed by atoms with Crippen LogP contribution in [0.5, 0.6) is 0 Å². The molecule has 152 valence electrons. The molecule has 2 heterocycles. The van der Waals surface area contributed by atoms with Crippen molar-refractivity contribution < 1.29 is 18.0 Å². The van der Waals surface area contributed by atoms with Crippen molar-refractivity contribution in [3.05, 3.63) is 11.8 Å². The van der Waals surface area contributed by atoms with Crippen LogP contribution in [0.1, 0.15) is 39.3 Å². The number of aromatic nitrogens is 2. The highest BCUT2D eigenvalue weighted by Gasteiger charge is 2.35. The van der Waals surface area contributed by atoms with Crippen LogP contribution >= 0.6 is 0 Å². The highest BCUT2D eigenvalue weighted by molar-refractivity contribution is 5.81. The highest BCUT2D eigenvalue weighted by atomic mass is 19.4. The van der Waals surface area contributed by atoms with Crippen LogP contribution in [-0.2, 0) is 11.0 Å². The molecule has 1 fully saturated rings. The Hall–Kier alpha value is -2.06. The maximum absolute atomic E-state index is 13.2. The molecule has 1 aromatic rings. The first kappa shape index (κ1) is 21.2. The van der Waals surface area contributed by atoms with Crippen molar-refractivity contribution in [2.75, 3.05) is 43.5 Å². The molecule has 1 unspecified atom stereocenters. The first-order valence-corrected chi connectivity index (χ1v) is 9.05. The molecule has 1 saturated heterocycles.